The van der Waals surface area contributed by atoms with Gasteiger partial charge in [-0.05, 0) is 110 Å². The van der Waals surface area contributed by atoms with E-state index >= 15 is 0 Å². The van der Waals surface area contributed by atoms with Crippen LogP contribution in [0.4, 0.5) is 20.2 Å². The Kier molecular flexibility index (Phi) is 10.4. The van der Waals surface area contributed by atoms with E-state index in [1.165, 1.54) is 24.3 Å². The first-order valence-corrected chi connectivity index (χ1v) is 17.6. The van der Waals surface area contributed by atoms with Crippen LogP contribution in [0.5, 0.6) is 0 Å². The van der Waals surface area contributed by atoms with Crippen molar-refractivity contribution in [1.29, 1.82) is 0 Å². The highest BCUT2D eigenvalue weighted by Gasteiger charge is 2.35. The molecule has 1 aromatic heterocycles. The lowest BCUT2D eigenvalue weighted by Gasteiger charge is -2.24. The minimum Gasteiger partial charge on any atom is -0.436 e. The highest BCUT2D eigenvalue weighted by atomic mass is 19.1. The molecule has 2 N–H and O–H groups in total. The van der Waals surface area contributed by atoms with Gasteiger partial charge in [0.25, 0.3) is 0 Å². The number of likely N-dealkylation sites (tertiary alicyclic amines) is 2. The Balaban J connectivity index is 0.922. The van der Waals surface area contributed by atoms with Crippen molar-refractivity contribution in [3.05, 3.63) is 126 Å². The van der Waals surface area contributed by atoms with Gasteiger partial charge in [-0.1, -0.05) is 24.3 Å². The number of hydrogen-bond acceptors (Lipinski definition) is 6. The first kappa shape index (κ1) is 35.2. The number of amides is 4. The molecule has 53 heavy (non-hydrogen) atoms. The van der Waals surface area contributed by atoms with Crippen molar-refractivity contribution >= 4 is 35.0 Å². The molecule has 2 saturated heterocycles. The molecule has 0 saturated carbocycles. The minimum absolute atomic E-state index is 0.0993. The van der Waals surface area contributed by atoms with E-state index in [-0.39, 0.29) is 48.1 Å². The summed E-state index contributed by atoms with van der Waals surface area (Å²) in [5.41, 5.74) is 3.98. The molecular formula is C41H37F2N5O5. The van der Waals surface area contributed by atoms with Crippen LogP contribution in [0.15, 0.2) is 108 Å². The number of aromatic nitrogens is 1. The van der Waals surface area contributed by atoms with Gasteiger partial charge in [0.1, 0.15) is 23.7 Å². The number of benzene rings is 4. The van der Waals surface area contributed by atoms with Crippen molar-refractivity contribution in [2.24, 2.45) is 0 Å². The second kappa shape index (κ2) is 15.6. The molecule has 0 radical (unpaired) electrons. The number of halogens is 2. The van der Waals surface area contributed by atoms with Crippen molar-refractivity contribution in [1.82, 2.24) is 14.8 Å². The molecule has 270 valence electrons. The quantitative estimate of drug-likeness (QED) is 0.167. The molecule has 0 aliphatic carbocycles. The zero-order chi connectivity index (χ0) is 36.9. The molecule has 2 aliphatic rings. The summed E-state index contributed by atoms with van der Waals surface area (Å²) >= 11 is 0. The monoisotopic (exact) mass is 717 g/mol. The number of rotatable bonds is 10. The topological polar surface area (TPSA) is 125 Å². The van der Waals surface area contributed by atoms with Gasteiger partial charge in [-0.15, -0.1) is 0 Å². The maximum atomic E-state index is 13.3. The van der Waals surface area contributed by atoms with Gasteiger partial charge in [0.05, 0.1) is 19.0 Å². The standard InChI is InChI=1S/C41H37F2N5O5/c42-30-13-5-26(6-14-30)23-37(49)47-21-1-3-34(47)39(51)45-32-17-9-28(10-18-32)36-25-44-41(53-36)29-11-19-33(20-12-29)46-40(52)35-4-2-22-48(35)38(50)24-27-7-15-31(43)16-8-27/h5-20,25,34-35H,1-4,21-24H2,(H,45,51)(H,46,52)/t34-,35-/m0/s1. The van der Waals surface area contributed by atoms with Crippen LogP contribution in [0.25, 0.3) is 22.8 Å². The molecular weight excluding hydrogens is 680 g/mol. The second-order valence-corrected chi connectivity index (χ2v) is 13.3. The van der Waals surface area contributed by atoms with Crippen molar-refractivity contribution in [3.63, 3.8) is 0 Å². The summed E-state index contributed by atoms with van der Waals surface area (Å²) in [7, 11) is 0. The zero-order valence-corrected chi connectivity index (χ0v) is 28.8. The van der Waals surface area contributed by atoms with Gasteiger partial charge in [0.15, 0.2) is 5.76 Å². The largest absolute Gasteiger partial charge is 0.436 e. The molecule has 7 rings (SSSR count). The van der Waals surface area contributed by atoms with Crippen molar-refractivity contribution in [2.45, 2.75) is 50.6 Å². The lowest BCUT2D eigenvalue weighted by atomic mass is 10.1. The highest BCUT2D eigenvalue weighted by molar-refractivity contribution is 5.98. The first-order valence-electron chi connectivity index (χ1n) is 17.6. The Hall–Kier alpha value is -6.17. The first-order chi connectivity index (χ1) is 25.7. The highest BCUT2D eigenvalue weighted by Crippen LogP contribution is 2.29. The van der Waals surface area contributed by atoms with Gasteiger partial charge in [-0.3, -0.25) is 19.2 Å². The van der Waals surface area contributed by atoms with E-state index in [0.717, 1.165) is 18.4 Å². The zero-order valence-electron chi connectivity index (χ0n) is 28.8. The van der Waals surface area contributed by atoms with E-state index in [2.05, 4.69) is 15.6 Å². The maximum absolute atomic E-state index is 13.3. The average molecular weight is 718 g/mol. The average Bonchev–Trinajstić information content (AvgIpc) is 3.96. The van der Waals surface area contributed by atoms with Crippen molar-refractivity contribution < 1.29 is 32.4 Å². The molecule has 12 heteroatoms. The molecule has 10 nitrogen and oxygen atoms in total. The number of carbonyl (C=O) groups is 4. The summed E-state index contributed by atoms with van der Waals surface area (Å²) < 4.78 is 32.6. The van der Waals surface area contributed by atoms with E-state index in [9.17, 15) is 28.0 Å². The van der Waals surface area contributed by atoms with E-state index in [4.69, 9.17) is 4.42 Å². The molecule has 5 aromatic rings. The van der Waals surface area contributed by atoms with Gasteiger partial charge in [-0.2, -0.15) is 0 Å². The number of oxazole rings is 1. The second-order valence-electron chi connectivity index (χ2n) is 13.3. The van der Waals surface area contributed by atoms with Crippen LogP contribution >= 0.6 is 0 Å². The normalized spacial score (nSPS) is 16.8. The van der Waals surface area contributed by atoms with Crippen molar-refractivity contribution in [3.8, 4) is 22.8 Å². The predicted octanol–water partition coefficient (Wildman–Crippen LogP) is 6.63. The summed E-state index contributed by atoms with van der Waals surface area (Å²) in [6, 6.07) is 24.6. The van der Waals surface area contributed by atoms with Gasteiger partial charge in [0, 0.05) is 35.6 Å². The fourth-order valence-electron chi connectivity index (χ4n) is 6.84. The third-order valence-electron chi connectivity index (χ3n) is 9.63. The Morgan fingerprint density at radius 1 is 0.623 bits per heavy atom. The summed E-state index contributed by atoms with van der Waals surface area (Å²) in [6.45, 7) is 0.980. The van der Waals surface area contributed by atoms with E-state index in [1.54, 1.807) is 88.8 Å². The van der Waals surface area contributed by atoms with Gasteiger partial charge >= 0.3 is 0 Å². The Labute approximate surface area is 304 Å². The third-order valence-corrected chi connectivity index (χ3v) is 9.63. The molecule has 0 spiro atoms. The van der Waals surface area contributed by atoms with Gasteiger partial charge in [0.2, 0.25) is 29.5 Å². The fourth-order valence-corrected chi connectivity index (χ4v) is 6.84. The molecule has 3 heterocycles. The van der Waals surface area contributed by atoms with E-state index in [1.807, 2.05) is 0 Å². The van der Waals surface area contributed by atoms with Crippen LogP contribution in [0.3, 0.4) is 0 Å². The van der Waals surface area contributed by atoms with Crippen LogP contribution in [0.2, 0.25) is 0 Å². The summed E-state index contributed by atoms with van der Waals surface area (Å²) in [6.07, 6.45) is 4.38. The Morgan fingerprint density at radius 3 is 1.51 bits per heavy atom. The summed E-state index contributed by atoms with van der Waals surface area (Å²) in [4.78, 5) is 59.9. The smallest absolute Gasteiger partial charge is 0.247 e. The van der Waals surface area contributed by atoms with Crippen LogP contribution in [0, 0.1) is 11.6 Å². The Bertz CT molecular complexity index is 1950. The maximum Gasteiger partial charge on any atom is 0.247 e. The third kappa shape index (κ3) is 8.33. The number of hydrogen-bond donors (Lipinski definition) is 2. The van der Waals surface area contributed by atoms with Crippen molar-refractivity contribution in [2.75, 3.05) is 23.7 Å². The number of carbonyl (C=O) groups excluding carboxylic acids is 4. The minimum atomic E-state index is -0.586. The molecule has 2 fully saturated rings. The lowest BCUT2D eigenvalue weighted by molar-refractivity contribution is -0.136. The van der Waals surface area contributed by atoms with Crippen LogP contribution < -0.4 is 10.6 Å². The van der Waals surface area contributed by atoms with Gasteiger partial charge < -0.3 is 24.9 Å². The summed E-state index contributed by atoms with van der Waals surface area (Å²) in [5, 5.41) is 5.83. The van der Waals surface area contributed by atoms with E-state index in [0.29, 0.717) is 65.6 Å². The number of nitrogens with zero attached hydrogens (tertiary/aromatic N) is 3. The molecule has 2 atom stereocenters. The van der Waals surface area contributed by atoms with Crippen LogP contribution in [-0.2, 0) is 32.0 Å². The molecule has 0 unspecified atom stereocenters. The number of anilines is 2. The van der Waals surface area contributed by atoms with Crippen LogP contribution in [0.1, 0.15) is 36.8 Å². The number of nitrogens with one attached hydrogen (secondary N) is 2. The lowest BCUT2D eigenvalue weighted by Crippen LogP contribution is -2.43. The molecule has 4 amide bonds. The predicted molar refractivity (Wildman–Crippen MR) is 194 cm³/mol. The van der Waals surface area contributed by atoms with Gasteiger partial charge in [-0.25, -0.2) is 13.8 Å². The van der Waals surface area contributed by atoms with E-state index < -0.39 is 12.1 Å². The SMILES string of the molecule is O=C(Nc1ccc(-c2cnc(-c3ccc(NC(=O)[C@@H]4CCCN4C(=O)Cc4ccc(F)cc4)cc3)o2)cc1)[C@@H]1CCCN1C(=O)Cc1ccc(F)cc1. The molecule has 4 aromatic carbocycles. The molecule has 0 bridgehead atoms. The fraction of sp³-hybridized carbons (Fsp3) is 0.244. The summed E-state index contributed by atoms with van der Waals surface area (Å²) in [5.74, 6) is -0.701. The Morgan fingerprint density at radius 2 is 1.06 bits per heavy atom. The van der Waals surface area contributed by atoms with Crippen LogP contribution in [-0.4, -0.2) is 63.6 Å². The molecule has 2 aliphatic heterocycles.